The number of carboxylic acid groups (broad SMARTS) is 1. The van der Waals surface area contributed by atoms with Crippen LogP contribution in [0.2, 0.25) is 0 Å². The van der Waals surface area contributed by atoms with E-state index in [0.717, 1.165) is 19.4 Å². The normalized spacial score (nSPS) is 16.5. The molecular weight excluding hydrogens is 362 g/mol. The topological polar surface area (TPSA) is 131 Å². The summed E-state index contributed by atoms with van der Waals surface area (Å²) < 4.78 is 5.14. The lowest BCUT2D eigenvalue weighted by Crippen LogP contribution is -2.40. The summed E-state index contributed by atoms with van der Waals surface area (Å²) in [6.45, 7) is 3.39. The maximum Gasteiger partial charge on any atom is 0.335 e. The average Bonchev–Trinajstić information content (AvgIpc) is 2.70. The molecule has 2 aromatic rings. The van der Waals surface area contributed by atoms with Crippen molar-refractivity contribution in [3.8, 4) is 0 Å². The zero-order valence-electron chi connectivity index (χ0n) is 15.6. The number of rotatable bonds is 6. The molecule has 148 valence electrons. The summed E-state index contributed by atoms with van der Waals surface area (Å²) in [5.74, 6) is -0.406. The monoisotopic (exact) mass is 385 g/mol. The van der Waals surface area contributed by atoms with E-state index in [1.165, 1.54) is 18.5 Å². The number of benzene rings is 1. The van der Waals surface area contributed by atoms with E-state index >= 15 is 0 Å². The maximum absolute atomic E-state index is 12.1. The van der Waals surface area contributed by atoms with Gasteiger partial charge in [-0.1, -0.05) is 0 Å². The summed E-state index contributed by atoms with van der Waals surface area (Å²) in [6, 6.07) is 6.28. The Morgan fingerprint density at radius 3 is 2.75 bits per heavy atom. The van der Waals surface area contributed by atoms with Crippen LogP contribution in [0.5, 0.6) is 0 Å². The van der Waals surface area contributed by atoms with Crippen molar-refractivity contribution in [1.82, 2.24) is 9.97 Å². The standard InChI is InChI=1S/C19H23N5O4/c1-2-28-19(27)13-4-3-9-24(10-13)17-15(20)16(21-11-22-17)23-14-7-5-12(6-8-14)18(25)26/h5-8,11,13H,2-4,9-10,20H2,1H3,(H,25,26)(H,21,22,23). The fourth-order valence-electron chi connectivity index (χ4n) is 3.19. The van der Waals surface area contributed by atoms with Gasteiger partial charge in [0.15, 0.2) is 11.6 Å². The minimum Gasteiger partial charge on any atom is -0.478 e. The molecule has 1 atom stereocenters. The lowest BCUT2D eigenvalue weighted by molar-refractivity contribution is -0.148. The van der Waals surface area contributed by atoms with Gasteiger partial charge >= 0.3 is 11.9 Å². The number of carboxylic acids is 1. The number of carbonyl (C=O) groups excluding carboxylic acids is 1. The van der Waals surface area contributed by atoms with Crippen LogP contribution < -0.4 is 16.0 Å². The first-order valence-corrected chi connectivity index (χ1v) is 9.12. The van der Waals surface area contributed by atoms with E-state index < -0.39 is 5.97 Å². The second-order valence-electron chi connectivity index (χ2n) is 6.50. The summed E-state index contributed by atoms with van der Waals surface area (Å²) in [6.07, 6.45) is 3.03. The molecule has 1 unspecified atom stereocenters. The van der Waals surface area contributed by atoms with Crippen LogP contribution in [0.4, 0.5) is 23.0 Å². The van der Waals surface area contributed by atoms with Gasteiger partial charge in [0.1, 0.15) is 12.0 Å². The Labute approximate surface area is 162 Å². The Hall–Kier alpha value is -3.36. The fourth-order valence-corrected chi connectivity index (χ4v) is 3.19. The number of ether oxygens (including phenoxy) is 1. The minimum atomic E-state index is -0.989. The molecule has 0 spiro atoms. The highest BCUT2D eigenvalue weighted by molar-refractivity contribution is 5.88. The van der Waals surface area contributed by atoms with E-state index in [9.17, 15) is 9.59 Å². The van der Waals surface area contributed by atoms with E-state index in [1.54, 1.807) is 19.1 Å². The van der Waals surface area contributed by atoms with Gasteiger partial charge in [-0.05, 0) is 44.0 Å². The third kappa shape index (κ3) is 4.30. The number of esters is 1. The molecule has 1 aromatic heterocycles. The zero-order valence-corrected chi connectivity index (χ0v) is 15.6. The number of hydrogen-bond acceptors (Lipinski definition) is 8. The minimum absolute atomic E-state index is 0.195. The van der Waals surface area contributed by atoms with E-state index in [-0.39, 0.29) is 17.5 Å². The molecule has 1 saturated heterocycles. The van der Waals surface area contributed by atoms with Gasteiger partial charge in [0.25, 0.3) is 0 Å². The van der Waals surface area contributed by atoms with Gasteiger partial charge in [0.05, 0.1) is 18.1 Å². The number of nitrogens with one attached hydrogen (secondary N) is 1. The number of piperidine rings is 1. The molecule has 1 aliphatic heterocycles. The van der Waals surface area contributed by atoms with Crippen molar-refractivity contribution in [2.75, 3.05) is 35.6 Å². The second kappa shape index (κ2) is 8.55. The quantitative estimate of drug-likeness (QED) is 0.641. The van der Waals surface area contributed by atoms with E-state index in [0.29, 0.717) is 36.2 Å². The predicted molar refractivity (Wildman–Crippen MR) is 105 cm³/mol. The first-order valence-electron chi connectivity index (χ1n) is 9.12. The van der Waals surface area contributed by atoms with Gasteiger partial charge in [-0.25, -0.2) is 14.8 Å². The summed E-state index contributed by atoms with van der Waals surface area (Å²) >= 11 is 0. The molecule has 0 saturated carbocycles. The lowest BCUT2D eigenvalue weighted by Gasteiger charge is -2.33. The summed E-state index contributed by atoms with van der Waals surface area (Å²) in [4.78, 5) is 33.5. The molecule has 0 amide bonds. The van der Waals surface area contributed by atoms with Crippen LogP contribution in [0.3, 0.4) is 0 Å². The molecule has 1 aliphatic rings. The van der Waals surface area contributed by atoms with Gasteiger partial charge in [0.2, 0.25) is 0 Å². The predicted octanol–water partition coefficient (Wildman–Crippen LogP) is 2.28. The number of hydrogen-bond donors (Lipinski definition) is 3. The van der Waals surface area contributed by atoms with Crippen LogP contribution in [-0.4, -0.2) is 46.7 Å². The third-order valence-corrected chi connectivity index (χ3v) is 4.60. The van der Waals surface area contributed by atoms with Crippen molar-refractivity contribution in [3.63, 3.8) is 0 Å². The highest BCUT2D eigenvalue weighted by atomic mass is 16.5. The average molecular weight is 385 g/mol. The molecule has 4 N–H and O–H groups in total. The number of aromatic carboxylic acids is 1. The molecule has 3 rings (SSSR count). The van der Waals surface area contributed by atoms with Crippen molar-refractivity contribution >= 4 is 34.9 Å². The van der Waals surface area contributed by atoms with E-state index in [1.807, 2.05) is 4.90 Å². The van der Waals surface area contributed by atoms with Gasteiger partial charge < -0.3 is 25.8 Å². The van der Waals surface area contributed by atoms with E-state index in [2.05, 4.69) is 15.3 Å². The van der Waals surface area contributed by atoms with Crippen molar-refractivity contribution in [3.05, 3.63) is 36.2 Å². The molecule has 0 aliphatic carbocycles. The molecular formula is C19H23N5O4. The number of carbonyl (C=O) groups is 2. The molecule has 1 aromatic carbocycles. The number of aromatic nitrogens is 2. The van der Waals surface area contributed by atoms with Gasteiger partial charge in [-0.2, -0.15) is 0 Å². The van der Waals surface area contributed by atoms with E-state index in [4.69, 9.17) is 15.6 Å². The molecule has 0 bridgehead atoms. The summed E-state index contributed by atoms with van der Waals surface area (Å²) in [5.41, 5.74) is 7.50. The largest absolute Gasteiger partial charge is 0.478 e. The van der Waals surface area contributed by atoms with Crippen LogP contribution in [0.15, 0.2) is 30.6 Å². The van der Waals surface area contributed by atoms with Crippen molar-refractivity contribution < 1.29 is 19.4 Å². The van der Waals surface area contributed by atoms with Gasteiger partial charge in [-0.3, -0.25) is 4.79 Å². The third-order valence-electron chi connectivity index (χ3n) is 4.60. The Bertz CT molecular complexity index is 856. The highest BCUT2D eigenvalue weighted by Gasteiger charge is 2.29. The van der Waals surface area contributed by atoms with Crippen LogP contribution in [-0.2, 0) is 9.53 Å². The molecule has 28 heavy (non-hydrogen) atoms. The van der Waals surface area contributed by atoms with Crippen molar-refractivity contribution in [2.24, 2.45) is 5.92 Å². The zero-order chi connectivity index (χ0) is 20.1. The Kier molecular flexibility index (Phi) is 5.93. The Balaban J connectivity index is 1.77. The molecule has 2 heterocycles. The Morgan fingerprint density at radius 1 is 1.32 bits per heavy atom. The number of nitrogens with two attached hydrogens (primary N) is 1. The summed E-state index contributed by atoms with van der Waals surface area (Å²) in [5, 5.41) is 12.1. The number of nitrogen functional groups attached to an aromatic ring is 1. The highest BCUT2D eigenvalue weighted by Crippen LogP contribution is 2.31. The van der Waals surface area contributed by atoms with Crippen LogP contribution >= 0.6 is 0 Å². The molecule has 0 radical (unpaired) electrons. The van der Waals surface area contributed by atoms with Crippen LogP contribution in [0, 0.1) is 5.92 Å². The number of nitrogens with zero attached hydrogens (tertiary/aromatic N) is 3. The SMILES string of the molecule is CCOC(=O)C1CCCN(c2ncnc(Nc3ccc(C(=O)O)cc3)c2N)C1. The van der Waals surface area contributed by atoms with Gasteiger partial charge in [0, 0.05) is 18.8 Å². The van der Waals surface area contributed by atoms with Crippen LogP contribution in [0.1, 0.15) is 30.1 Å². The Morgan fingerprint density at radius 2 is 2.07 bits per heavy atom. The van der Waals surface area contributed by atoms with Crippen molar-refractivity contribution in [1.29, 1.82) is 0 Å². The van der Waals surface area contributed by atoms with Crippen molar-refractivity contribution in [2.45, 2.75) is 19.8 Å². The second-order valence-corrected chi connectivity index (χ2v) is 6.50. The summed E-state index contributed by atoms with van der Waals surface area (Å²) in [7, 11) is 0. The first-order chi connectivity index (χ1) is 13.5. The number of anilines is 4. The van der Waals surface area contributed by atoms with Gasteiger partial charge in [-0.15, -0.1) is 0 Å². The molecule has 9 heteroatoms. The molecule has 1 fully saturated rings. The molecule has 9 nitrogen and oxygen atoms in total. The van der Waals surface area contributed by atoms with Crippen LogP contribution in [0.25, 0.3) is 0 Å². The first kappa shape index (κ1) is 19.4. The maximum atomic E-state index is 12.1. The fraction of sp³-hybridized carbons (Fsp3) is 0.368. The lowest BCUT2D eigenvalue weighted by atomic mass is 9.98. The smallest absolute Gasteiger partial charge is 0.335 e.